The maximum absolute atomic E-state index is 12.9. The van der Waals surface area contributed by atoms with Crippen LogP contribution in [-0.2, 0) is 0 Å². The first kappa shape index (κ1) is 18.9. The first-order valence-corrected chi connectivity index (χ1v) is 10.8. The zero-order chi connectivity index (χ0) is 19.3. The quantitative estimate of drug-likeness (QED) is 0.771. The summed E-state index contributed by atoms with van der Waals surface area (Å²) in [5, 5.41) is 0. The lowest BCUT2D eigenvalue weighted by Crippen LogP contribution is -2.48. The predicted octanol–water partition coefficient (Wildman–Crippen LogP) is 2.94. The summed E-state index contributed by atoms with van der Waals surface area (Å²) in [6.07, 6.45) is 2.91. The van der Waals surface area contributed by atoms with Gasteiger partial charge in [0, 0.05) is 55.4 Å². The number of rotatable bonds is 5. The Morgan fingerprint density at radius 3 is 2.61 bits per heavy atom. The van der Waals surface area contributed by atoms with Crippen LogP contribution in [0.2, 0.25) is 0 Å². The molecule has 2 aliphatic heterocycles. The van der Waals surface area contributed by atoms with E-state index in [0.717, 1.165) is 42.5 Å². The number of methoxy groups -OCH3 is 1. The number of piperazine rings is 1. The van der Waals surface area contributed by atoms with Gasteiger partial charge in [0.2, 0.25) is 5.88 Å². The highest BCUT2D eigenvalue weighted by molar-refractivity contribution is 7.99. The summed E-state index contributed by atoms with van der Waals surface area (Å²) < 4.78 is 11.1. The second-order valence-electron chi connectivity index (χ2n) is 6.96. The number of ether oxygens (including phenoxy) is 2. The predicted molar refractivity (Wildman–Crippen MR) is 112 cm³/mol. The molecule has 6 nitrogen and oxygen atoms in total. The monoisotopic (exact) mass is 399 g/mol. The topological polar surface area (TPSA) is 54.9 Å². The summed E-state index contributed by atoms with van der Waals surface area (Å²) in [4.78, 5) is 21.4. The Labute approximate surface area is 169 Å². The summed E-state index contributed by atoms with van der Waals surface area (Å²) in [6, 6.07) is 11.6. The lowest BCUT2D eigenvalue weighted by molar-refractivity contribution is 0.0745. The molecule has 2 aliphatic rings. The molecule has 28 heavy (non-hydrogen) atoms. The van der Waals surface area contributed by atoms with Gasteiger partial charge in [0.25, 0.3) is 5.91 Å². The van der Waals surface area contributed by atoms with Crippen LogP contribution in [0, 0.1) is 0 Å². The molecule has 0 saturated carbocycles. The molecule has 1 aromatic heterocycles. The summed E-state index contributed by atoms with van der Waals surface area (Å²) >= 11 is 1.90. The van der Waals surface area contributed by atoms with Crippen molar-refractivity contribution in [2.24, 2.45) is 0 Å². The van der Waals surface area contributed by atoms with Crippen LogP contribution >= 0.6 is 11.8 Å². The molecule has 0 radical (unpaired) electrons. The minimum atomic E-state index is 0.0439. The van der Waals surface area contributed by atoms with Crippen molar-refractivity contribution in [3.05, 3.63) is 48.2 Å². The van der Waals surface area contributed by atoms with E-state index in [4.69, 9.17) is 9.47 Å². The number of pyridine rings is 1. The smallest absolute Gasteiger partial charge is 0.254 e. The Morgan fingerprint density at radius 2 is 1.93 bits per heavy atom. The normalized spacial score (nSPS) is 19.5. The number of carbonyl (C=O) groups excluding carboxylic acids is 1. The molecule has 4 rings (SSSR count). The second-order valence-corrected chi connectivity index (χ2v) is 8.11. The van der Waals surface area contributed by atoms with E-state index >= 15 is 0 Å². The highest BCUT2D eigenvalue weighted by Gasteiger charge is 2.23. The zero-order valence-corrected chi connectivity index (χ0v) is 16.9. The van der Waals surface area contributed by atoms with Crippen LogP contribution in [0.25, 0.3) is 0 Å². The van der Waals surface area contributed by atoms with Crippen LogP contribution in [-0.4, -0.2) is 66.7 Å². The minimum Gasteiger partial charge on any atom is -0.497 e. The Bertz CT molecular complexity index is 801. The third-order valence-corrected chi connectivity index (χ3v) is 6.29. The molecule has 1 unspecified atom stereocenters. The lowest BCUT2D eigenvalue weighted by atomic mass is 10.2. The highest BCUT2D eigenvalue weighted by atomic mass is 32.2. The molecular weight excluding hydrogens is 374 g/mol. The number of hydrogen-bond donors (Lipinski definition) is 0. The largest absolute Gasteiger partial charge is 0.497 e. The van der Waals surface area contributed by atoms with Crippen LogP contribution in [0.1, 0.15) is 16.8 Å². The molecule has 7 heteroatoms. The molecule has 0 bridgehead atoms. The first-order chi connectivity index (χ1) is 13.7. The van der Waals surface area contributed by atoms with Gasteiger partial charge in [-0.05, 0) is 42.5 Å². The molecule has 1 amide bonds. The van der Waals surface area contributed by atoms with Crippen molar-refractivity contribution in [1.82, 2.24) is 9.88 Å². The van der Waals surface area contributed by atoms with Gasteiger partial charge >= 0.3 is 0 Å². The van der Waals surface area contributed by atoms with Crippen LogP contribution < -0.4 is 14.4 Å². The van der Waals surface area contributed by atoms with E-state index in [9.17, 15) is 4.79 Å². The Balaban J connectivity index is 1.35. The molecule has 0 spiro atoms. The van der Waals surface area contributed by atoms with Crippen molar-refractivity contribution in [1.29, 1.82) is 0 Å². The van der Waals surface area contributed by atoms with Crippen molar-refractivity contribution in [3.8, 4) is 11.6 Å². The van der Waals surface area contributed by atoms with Gasteiger partial charge in [0.05, 0.1) is 7.11 Å². The van der Waals surface area contributed by atoms with Gasteiger partial charge in [-0.3, -0.25) is 4.79 Å². The van der Waals surface area contributed by atoms with E-state index in [1.165, 1.54) is 0 Å². The van der Waals surface area contributed by atoms with Crippen molar-refractivity contribution in [2.75, 3.05) is 49.7 Å². The van der Waals surface area contributed by atoms with Gasteiger partial charge in [-0.2, -0.15) is 11.8 Å². The van der Waals surface area contributed by atoms with Crippen molar-refractivity contribution >= 4 is 23.4 Å². The van der Waals surface area contributed by atoms with E-state index in [1.54, 1.807) is 25.4 Å². The zero-order valence-electron chi connectivity index (χ0n) is 16.0. The molecule has 2 aromatic rings. The average Bonchev–Trinajstić information content (AvgIpc) is 3.27. The molecule has 2 saturated heterocycles. The molecular formula is C21H25N3O3S. The van der Waals surface area contributed by atoms with Crippen LogP contribution in [0.4, 0.5) is 5.69 Å². The number of amides is 1. The molecule has 1 aromatic carbocycles. The Morgan fingerprint density at radius 1 is 1.14 bits per heavy atom. The molecule has 3 heterocycles. The summed E-state index contributed by atoms with van der Waals surface area (Å²) in [5.74, 6) is 3.57. The van der Waals surface area contributed by atoms with E-state index in [1.807, 2.05) is 28.8 Å². The maximum atomic E-state index is 12.9. The molecule has 0 aliphatic carbocycles. The first-order valence-electron chi connectivity index (χ1n) is 9.61. The Hall–Kier alpha value is -2.41. The average molecular weight is 400 g/mol. The lowest BCUT2D eigenvalue weighted by Gasteiger charge is -2.36. The van der Waals surface area contributed by atoms with Gasteiger partial charge < -0.3 is 19.3 Å². The Kier molecular flexibility index (Phi) is 5.90. The molecule has 0 N–H and O–H groups in total. The fourth-order valence-electron chi connectivity index (χ4n) is 3.53. The van der Waals surface area contributed by atoms with Crippen LogP contribution in [0.15, 0.2) is 42.6 Å². The highest BCUT2D eigenvalue weighted by Crippen LogP contribution is 2.24. The van der Waals surface area contributed by atoms with E-state index in [0.29, 0.717) is 24.5 Å². The van der Waals surface area contributed by atoms with Crippen molar-refractivity contribution in [3.63, 3.8) is 0 Å². The molecule has 2 fully saturated rings. The fraction of sp³-hybridized carbons (Fsp3) is 0.429. The second kappa shape index (κ2) is 8.73. The number of aromatic nitrogens is 1. The summed E-state index contributed by atoms with van der Waals surface area (Å²) in [5.41, 5.74) is 1.80. The van der Waals surface area contributed by atoms with E-state index in [2.05, 4.69) is 22.0 Å². The number of hydrogen-bond acceptors (Lipinski definition) is 6. The third kappa shape index (κ3) is 4.35. The maximum Gasteiger partial charge on any atom is 0.254 e. The van der Waals surface area contributed by atoms with Gasteiger partial charge in [-0.25, -0.2) is 4.98 Å². The number of carbonyl (C=O) groups is 1. The fourth-order valence-corrected chi connectivity index (χ4v) is 4.62. The van der Waals surface area contributed by atoms with Crippen LogP contribution in [0.3, 0.4) is 0 Å². The van der Waals surface area contributed by atoms with Gasteiger partial charge in [-0.1, -0.05) is 0 Å². The van der Waals surface area contributed by atoms with Gasteiger partial charge in [0.1, 0.15) is 11.9 Å². The van der Waals surface area contributed by atoms with Crippen molar-refractivity contribution < 1.29 is 14.3 Å². The summed E-state index contributed by atoms with van der Waals surface area (Å²) in [7, 11) is 1.67. The molecule has 1 atom stereocenters. The number of nitrogens with zero attached hydrogens (tertiary/aromatic N) is 3. The number of anilines is 1. The van der Waals surface area contributed by atoms with E-state index in [-0.39, 0.29) is 12.0 Å². The van der Waals surface area contributed by atoms with Crippen LogP contribution in [0.5, 0.6) is 11.6 Å². The number of benzene rings is 1. The van der Waals surface area contributed by atoms with E-state index < -0.39 is 0 Å². The van der Waals surface area contributed by atoms with Gasteiger partial charge in [0.15, 0.2) is 0 Å². The minimum absolute atomic E-state index is 0.0439. The number of thioether (sulfide) groups is 1. The van der Waals surface area contributed by atoms with Gasteiger partial charge in [-0.15, -0.1) is 0 Å². The molecule has 148 valence electrons. The summed E-state index contributed by atoms with van der Waals surface area (Å²) in [6.45, 7) is 3.02. The van der Waals surface area contributed by atoms with Crippen molar-refractivity contribution in [2.45, 2.75) is 12.5 Å². The SMILES string of the molecule is COc1ccc(N2CCN(C(=O)c3ccnc(OC4CCSC4)c3)CC2)cc1. The third-order valence-electron chi connectivity index (χ3n) is 5.16. The standard InChI is InChI=1S/C21H25N3O3S/c1-26-18-4-2-17(3-5-18)23-9-11-24(12-10-23)21(25)16-6-8-22-20(14-16)27-19-7-13-28-15-19/h2-6,8,14,19H,7,9-13,15H2,1H3.